The summed E-state index contributed by atoms with van der Waals surface area (Å²) in [7, 11) is 0. The van der Waals surface area contributed by atoms with Crippen molar-refractivity contribution in [1.29, 1.82) is 0 Å². The molecule has 0 aromatic heterocycles. The first-order valence-electron chi connectivity index (χ1n) is 6.46. The monoisotopic (exact) mass is 212 g/mol. The van der Waals surface area contributed by atoms with Crippen LogP contribution in [0.15, 0.2) is 0 Å². The molecule has 0 aromatic rings. The van der Waals surface area contributed by atoms with E-state index in [0.29, 0.717) is 0 Å². The molecule has 2 rings (SSSR count). The Labute approximate surface area is 95.0 Å². The zero-order valence-corrected chi connectivity index (χ0v) is 10.7. The van der Waals surface area contributed by atoms with Gasteiger partial charge in [-0.15, -0.1) is 0 Å². The topological polar surface area (TPSA) is 38.0 Å². The molecule has 2 heteroatoms. The SMILES string of the molecule is C1CCC2CNCCC2C1.CC(C)(C)N. The van der Waals surface area contributed by atoms with Gasteiger partial charge in [0.25, 0.3) is 0 Å². The van der Waals surface area contributed by atoms with Crippen LogP contribution in [0.2, 0.25) is 0 Å². The average Bonchev–Trinajstić information content (AvgIpc) is 2.16. The Hall–Kier alpha value is -0.0800. The van der Waals surface area contributed by atoms with Crippen molar-refractivity contribution < 1.29 is 0 Å². The third-order valence-electron chi connectivity index (χ3n) is 3.16. The molecular weight excluding hydrogens is 184 g/mol. The van der Waals surface area contributed by atoms with E-state index in [4.69, 9.17) is 5.73 Å². The molecule has 0 amide bonds. The Kier molecular flexibility index (Phi) is 5.07. The number of rotatable bonds is 0. The van der Waals surface area contributed by atoms with Gasteiger partial charge in [0.1, 0.15) is 0 Å². The zero-order chi connectivity index (χ0) is 11.3. The number of fused-ring (bicyclic) bond motifs is 1. The number of hydrogen-bond donors (Lipinski definition) is 2. The van der Waals surface area contributed by atoms with E-state index >= 15 is 0 Å². The summed E-state index contributed by atoms with van der Waals surface area (Å²) in [5.41, 5.74) is 5.35. The lowest BCUT2D eigenvalue weighted by molar-refractivity contribution is 0.185. The van der Waals surface area contributed by atoms with Crippen LogP contribution in [0.25, 0.3) is 0 Å². The van der Waals surface area contributed by atoms with Gasteiger partial charge < -0.3 is 11.1 Å². The van der Waals surface area contributed by atoms with E-state index in [9.17, 15) is 0 Å². The van der Waals surface area contributed by atoms with Gasteiger partial charge in [0, 0.05) is 5.54 Å². The van der Waals surface area contributed by atoms with Crippen LogP contribution in [-0.2, 0) is 0 Å². The second kappa shape index (κ2) is 5.86. The third-order valence-corrected chi connectivity index (χ3v) is 3.16. The summed E-state index contributed by atoms with van der Waals surface area (Å²) in [6.45, 7) is 8.48. The maximum Gasteiger partial charge on any atom is 0.00686 e. The highest BCUT2D eigenvalue weighted by atomic mass is 14.9. The van der Waals surface area contributed by atoms with E-state index in [0.717, 1.165) is 11.8 Å². The van der Waals surface area contributed by atoms with Crippen LogP contribution in [-0.4, -0.2) is 18.6 Å². The molecule has 0 radical (unpaired) electrons. The van der Waals surface area contributed by atoms with Crippen molar-refractivity contribution in [3.8, 4) is 0 Å². The molecule has 0 spiro atoms. The fourth-order valence-electron chi connectivity index (χ4n) is 2.51. The minimum atomic E-state index is 0. The summed E-state index contributed by atoms with van der Waals surface area (Å²) < 4.78 is 0. The zero-order valence-electron chi connectivity index (χ0n) is 10.7. The number of hydrogen-bond acceptors (Lipinski definition) is 2. The van der Waals surface area contributed by atoms with Gasteiger partial charge in [0.15, 0.2) is 0 Å². The Bertz CT molecular complexity index is 140. The molecule has 90 valence electrons. The van der Waals surface area contributed by atoms with Crippen LogP contribution >= 0.6 is 0 Å². The molecule has 1 aliphatic heterocycles. The molecule has 15 heavy (non-hydrogen) atoms. The third kappa shape index (κ3) is 6.16. The van der Waals surface area contributed by atoms with Crippen LogP contribution < -0.4 is 11.1 Å². The van der Waals surface area contributed by atoms with Gasteiger partial charge in [0.2, 0.25) is 0 Å². The first-order chi connectivity index (χ1) is 6.97. The summed E-state index contributed by atoms with van der Waals surface area (Å²) in [5, 5.41) is 3.48. The van der Waals surface area contributed by atoms with Crippen LogP contribution in [0.5, 0.6) is 0 Å². The highest BCUT2D eigenvalue weighted by molar-refractivity contribution is 4.81. The van der Waals surface area contributed by atoms with E-state index < -0.39 is 0 Å². The van der Waals surface area contributed by atoms with Crippen LogP contribution in [0.4, 0.5) is 0 Å². The second-order valence-corrected chi connectivity index (χ2v) is 6.16. The van der Waals surface area contributed by atoms with Gasteiger partial charge in [-0.2, -0.15) is 0 Å². The smallest absolute Gasteiger partial charge is 0.00686 e. The highest BCUT2D eigenvalue weighted by Crippen LogP contribution is 2.33. The van der Waals surface area contributed by atoms with E-state index in [-0.39, 0.29) is 5.54 Å². The van der Waals surface area contributed by atoms with Crippen LogP contribution in [0.1, 0.15) is 52.9 Å². The molecular formula is C13H28N2. The minimum absolute atomic E-state index is 0. The Morgan fingerprint density at radius 3 is 2.07 bits per heavy atom. The molecule has 2 fully saturated rings. The summed E-state index contributed by atoms with van der Waals surface area (Å²) in [4.78, 5) is 0. The number of piperidine rings is 1. The largest absolute Gasteiger partial charge is 0.326 e. The van der Waals surface area contributed by atoms with E-state index in [1.54, 1.807) is 0 Å². The normalized spacial score (nSPS) is 31.2. The van der Waals surface area contributed by atoms with Gasteiger partial charge in [-0.1, -0.05) is 19.3 Å². The lowest BCUT2D eigenvalue weighted by atomic mass is 9.76. The lowest BCUT2D eigenvalue weighted by Gasteiger charge is -2.35. The Balaban J connectivity index is 0.000000195. The molecule has 0 aromatic carbocycles. The average molecular weight is 212 g/mol. The van der Waals surface area contributed by atoms with Gasteiger partial charge in [0.05, 0.1) is 0 Å². The first kappa shape index (κ1) is 13.0. The van der Waals surface area contributed by atoms with Crippen molar-refractivity contribution in [2.24, 2.45) is 17.6 Å². The predicted octanol–water partition coefficient (Wildman–Crippen LogP) is 2.53. The predicted molar refractivity (Wildman–Crippen MR) is 66.9 cm³/mol. The highest BCUT2D eigenvalue weighted by Gasteiger charge is 2.26. The molecule has 1 saturated carbocycles. The standard InChI is InChI=1S/C9H17N.C4H11N/c1-2-4-9-7-10-6-5-8(9)3-1;1-4(2,3)5/h8-10H,1-7H2;5H2,1-3H3. The second-order valence-electron chi connectivity index (χ2n) is 6.16. The fraction of sp³-hybridized carbons (Fsp3) is 1.00. The summed E-state index contributed by atoms with van der Waals surface area (Å²) >= 11 is 0. The van der Waals surface area contributed by atoms with E-state index in [1.807, 2.05) is 20.8 Å². The molecule has 2 nitrogen and oxygen atoms in total. The molecule has 1 saturated heterocycles. The molecule has 3 N–H and O–H groups in total. The Morgan fingerprint density at radius 2 is 1.53 bits per heavy atom. The molecule has 1 heterocycles. The van der Waals surface area contributed by atoms with Crippen molar-refractivity contribution in [1.82, 2.24) is 5.32 Å². The Morgan fingerprint density at radius 1 is 1.00 bits per heavy atom. The lowest BCUT2D eigenvalue weighted by Crippen LogP contribution is -2.38. The van der Waals surface area contributed by atoms with Gasteiger partial charge in [-0.05, 0) is 58.5 Å². The molecule has 2 aliphatic rings. The van der Waals surface area contributed by atoms with E-state index in [2.05, 4.69) is 5.32 Å². The van der Waals surface area contributed by atoms with Gasteiger partial charge in [-0.3, -0.25) is 0 Å². The van der Waals surface area contributed by atoms with Crippen molar-refractivity contribution in [3.05, 3.63) is 0 Å². The van der Waals surface area contributed by atoms with Crippen molar-refractivity contribution in [2.45, 2.75) is 58.4 Å². The van der Waals surface area contributed by atoms with Crippen LogP contribution in [0, 0.1) is 11.8 Å². The fourth-order valence-corrected chi connectivity index (χ4v) is 2.51. The van der Waals surface area contributed by atoms with Crippen molar-refractivity contribution >= 4 is 0 Å². The first-order valence-corrected chi connectivity index (χ1v) is 6.46. The maximum atomic E-state index is 5.35. The van der Waals surface area contributed by atoms with Crippen LogP contribution in [0.3, 0.4) is 0 Å². The molecule has 1 aliphatic carbocycles. The quantitative estimate of drug-likeness (QED) is 0.647. The minimum Gasteiger partial charge on any atom is -0.326 e. The van der Waals surface area contributed by atoms with Gasteiger partial charge >= 0.3 is 0 Å². The van der Waals surface area contributed by atoms with E-state index in [1.165, 1.54) is 45.2 Å². The molecule has 2 unspecified atom stereocenters. The van der Waals surface area contributed by atoms with Crippen molar-refractivity contribution in [3.63, 3.8) is 0 Å². The molecule has 0 bridgehead atoms. The van der Waals surface area contributed by atoms with Gasteiger partial charge in [-0.25, -0.2) is 0 Å². The number of nitrogens with two attached hydrogens (primary N) is 1. The summed E-state index contributed by atoms with van der Waals surface area (Å²) in [5.74, 6) is 2.14. The summed E-state index contributed by atoms with van der Waals surface area (Å²) in [6.07, 6.45) is 7.46. The van der Waals surface area contributed by atoms with Crippen molar-refractivity contribution in [2.75, 3.05) is 13.1 Å². The summed E-state index contributed by atoms with van der Waals surface area (Å²) in [6, 6.07) is 0. The maximum absolute atomic E-state index is 5.35. The number of nitrogens with one attached hydrogen (secondary N) is 1. The molecule has 2 atom stereocenters.